The molecule has 2 heterocycles. The fourth-order valence-corrected chi connectivity index (χ4v) is 3.44. The van der Waals surface area contributed by atoms with Crippen molar-refractivity contribution < 1.29 is 14.1 Å². The molecule has 0 bridgehead atoms. The van der Waals surface area contributed by atoms with Crippen molar-refractivity contribution in [3.05, 3.63) is 60.3 Å². The standard InChI is InChI=1S/C23H26BN3O3/c1-22(2)23(3,4)30-24(29-22)15-11-12-19-17(13-15)20(18(14-26-19)21(28)25-5)27-16-9-7-6-8-10-16/h6-14H,1-5H3,(H,25,28)(H,26,27). The predicted molar refractivity (Wildman–Crippen MR) is 121 cm³/mol. The lowest BCUT2D eigenvalue weighted by atomic mass is 9.78. The minimum Gasteiger partial charge on any atom is -0.399 e. The smallest absolute Gasteiger partial charge is 0.399 e. The van der Waals surface area contributed by atoms with Crippen LogP contribution in [0.25, 0.3) is 10.9 Å². The summed E-state index contributed by atoms with van der Waals surface area (Å²) in [6.07, 6.45) is 1.60. The zero-order valence-corrected chi connectivity index (χ0v) is 17.9. The number of anilines is 2. The van der Waals surface area contributed by atoms with Gasteiger partial charge in [-0.3, -0.25) is 9.78 Å². The third-order valence-corrected chi connectivity index (χ3v) is 5.93. The predicted octanol–water partition coefficient (Wildman–Crippen LogP) is 3.64. The number of hydrogen-bond acceptors (Lipinski definition) is 5. The number of para-hydroxylation sites is 1. The average molecular weight is 403 g/mol. The minimum absolute atomic E-state index is 0.205. The largest absolute Gasteiger partial charge is 0.494 e. The maximum absolute atomic E-state index is 12.5. The van der Waals surface area contributed by atoms with Gasteiger partial charge in [0.05, 0.1) is 28.0 Å². The SMILES string of the molecule is CNC(=O)c1cnc2ccc(B3OC(C)(C)C(C)(C)O3)cc2c1Nc1ccccc1. The van der Waals surface area contributed by atoms with Crippen molar-refractivity contribution in [1.82, 2.24) is 10.3 Å². The van der Waals surface area contributed by atoms with Crippen LogP contribution >= 0.6 is 0 Å². The number of fused-ring (bicyclic) bond motifs is 1. The summed E-state index contributed by atoms with van der Waals surface area (Å²) in [5.41, 5.74) is 2.86. The molecule has 1 saturated heterocycles. The lowest BCUT2D eigenvalue weighted by Crippen LogP contribution is -2.41. The van der Waals surface area contributed by atoms with Crippen molar-refractivity contribution >= 4 is 40.8 Å². The second kappa shape index (κ2) is 7.41. The van der Waals surface area contributed by atoms with Gasteiger partial charge in [-0.2, -0.15) is 0 Å². The maximum atomic E-state index is 12.5. The molecule has 4 rings (SSSR count). The van der Waals surface area contributed by atoms with Crippen molar-refractivity contribution in [2.75, 3.05) is 12.4 Å². The second-order valence-electron chi connectivity index (χ2n) is 8.48. The fourth-order valence-electron chi connectivity index (χ4n) is 3.44. The molecule has 0 spiro atoms. The summed E-state index contributed by atoms with van der Waals surface area (Å²) in [7, 11) is 1.12. The van der Waals surface area contributed by atoms with E-state index in [1.54, 1.807) is 13.2 Å². The zero-order chi connectivity index (χ0) is 21.5. The number of benzene rings is 2. The number of amides is 1. The lowest BCUT2D eigenvalue weighted by molar-refractivity contribution is 0.00578. The first-order chi connectivity index (χ1) is 14.2. The highest BCUT2D eigenvalue weighted by molar-refractivity contribution is 6.62. The molecule has 0 unspecified atom stereocenters. The van der Waals surface area contributed by atoms with E-state index in [-0.39, 0.29) is 5.91 Å². The first kappa shape index (κ1) is 20.4. The van der Waals surface area contributed by atoms with Gasteiger partial charge in [0.1, 0.15) is 0 Å². The number of pyridine rings is 1. The van der Waals surface area contributed by atoms with Crippen LogP contribution < -0.4 is 16.1 Å². The third kappa shape index (κ3) is 3.55. The zero-order valence-electron chi connectivity index (χ0n) is 17.9. The molecule has 7 heteroatoms. The van der Waals surface area contributed by atoms with E-state index in [1.807, 2.05) is 76.2 Å². The topological polar surface area (TPSA) is 72.5 Å². The number of carbonyl (C=O) groups is 1. The van der Waals surface area contributed by atoms with Gasteiger partial charge in [-0.1, -0.05) is 30.3 Å². The molecule has 6 nitrogen and oxygen atoms in total. The Morgan fingerprint density at radius 1 is 1.00 bits per heavy atom. The van der Waals surface area contributed by atoms with E-state index in [1.165, 1.54) is 0 Å². The molecule has 0 aliphatic carbocycles. The lowest BCUT2D eigenvalue weighted by Gasteiger charge is -2.32. The molecule has 2 N–H and O–H groups in total. The molecule has 154 valence electrons. The van der Waals surface area contributed by atoms with Gasteiger partial charge in [0.15, 0.2) is 0 Å². The summed E-state index contributed by atoms with van der Waals surface area (Å²) in [5.74, 6) is -0.205. The molecule has 0 saturated carbocycles. The molecule has 1 aliphatic heterocycles. The van der Waals surface area contributed by atoms with Crippen LogP contribution in [0, 0.1) is 0 Å². The molecule has 2 aromatic carbocycles. The molecule has 1 aliphatic rings. The summed E-state index contributed by atoms with van der Waals surface area (Å²) in [6.45, 7) is 8.12. The molecular formula is C23H26BN3O3. The average Bonchev–Trinajstić information content (AvgIpc) is 2.95. The molecule has 30 heavy (non-hydrogen) atoms. The van der Waals surface area contributed by atoms with Crippen LogP contribution in [0.1, 0.15) is 38.1 Å². The second-order valence-corrected chi connectivity index (χ2v) is 8.48. The van der Waals surface area contributed by atoms with E-state index < -0.39 is 18.3 Å². The van der Waals surface area contributed by atoms with Gasteiger partial charge in [0.2, 0.25) is 0 Å². The van der Waals surface area contributed by atoms with Gasteiger partial charge < -0.3 is 19.9 Å². The van der Waals surface area contributed by atoms with Gasteiger partial charge in [-0.15, -0.1) is 0 Å². The van der Waals surface area contributed by atoms with Crippen LogP contribution in [-0.4, -0.2) is 36.3 Å². The van der Waals surface area contributed by atoms with Gasteiger partial charge in [-0.05, 0) is 51.4 Å². The number of aromatic nitrogens is 1. The van der Waals surface area contributed by atoms with Crippen LogP contribution in [-0.2, 0) is 9.31 Å². The Bertz CT molecular complexity index is 1080. The van der Waals surface area contributed by atoms with Crippen molar-refractivity contribution in [3.8, 4) is 0 Å². The highest BCUT2D eigenvalue weighted by Gasteiger charge is 2.51. The van der Waals surface area contributed by atoms with Crippen LogP contribution in [0.5, 0.6) is 0 Å². The minimum atomic E-state index is -0.493. The molecule has 3 aromatic rings. The van der Waals surface area contributed by atoms with Gasteiger partial charge >= 0.3 is 7.12 Å². The Balaban J connectivity index is 1.84. The monoisotopic (exact) mass is 403 g/mol. The van der Waals surface area contributed by atoms with Crippen molar-refractivity contribution in [2.24, 2.45) is 0 Å². The van der Waals surface area contributed by atoms with Crippen LogP contribution in [0.3, 0.4) is 0 Å². The Labute approximate surface area is 177 Å². The fraction of sp³-hybridized carbons (Fsp3) is 0.304. The van der Waals surface area contributed by atoms with Crippen molar-refractivity contribution in [2.45, 2.75) is 38.9 Å². The van der Waals surface area contributed by atoms with E-state index in [9.17, 15) is 4.79 Å². The van der Waals surface area contributed by atoms with Gasteiger partial charge in [0, 0.05) is 24.3 Å². The Morgan fingerprint density at radius 2 is 1.67 bits per heavy atom. The molecule has 1 aromatic heterocycles. The van der Waals surface area contributed by atoms with E-state index in [0.29, 0.717) is 11.3 Å². The van der Waals surface area contributed by atoms with Crippen LogP contribution in [0.15, 0.2) is 54.7 Å². The first-order valence-corrected chi connectivity index (χ1v) is 10.0. The van der Waals surface area contributed by atoms with Crippen molar-refractivity contribution in [1.29, 1.82) is 0 Å². The summed E-state index contributed by atoms with van der Waals surface area (Å²) >= 11 is 0. The number of hydrogen-bond donors (Lipinski definition) is 2. The molecule has 1 amide bonds. The van der Waals surface area contributed by atoms with Crippen molar-refractivity contribution in [3.63, 3.8) is 0 Å². The number of nitrogens with one attached hydrogen (secondary N) is 2. The van der Waals surface area contributed by atoms with Gasteiger partial charge in [0.25, 0.3) is 5.91 Å². The summed E-state index contributed by atoms with van der Waals surface area (Å²) in [4.78, 5) is 17.0. The third-order valence-electron chi connectivity index (χ3n) is 5.93. The number of rotatable bonds is 4. The van der Waals surface area contributed by atoms with Gasteiger partial charge in [-0.25, -0.2) is 0 Å². The van der Waals surface area contributed by atoms with E-state index in [2.05, 4.69) is 15.6 Å². The van der Waals surface area contributed by atoms with Crippen LogP contribution in [0.4, 0.5) is 11.4 Å². The normalized spacial score (nSPS) is 17.2. The summed E-state index contributed by atoms with van der Waals surface area (Å²) in [5, 5.41) is 6.92. The van der Waals surface area contributed by atoms with E-state index in [0.717, 1.165) is 22.1 Å². The van der Waals surface area contributed by atoms with Crippen LogP contribution in [0.2, 0.25) is 0 Å². The summed E-state index contributed by atoms with van der Waals surface area (Å²) in [6, 6.07) is 15.6. The summed E-state index contributed by atoms with van der Waals surface area (Å²) < 4.78 is 12.4. The first-order valence-electron chi connectivity index (χ1n) is 10.0. The highest BCUT2D eigenvalue weighted by atomic mass is 16.7. The number of carbonyl (C=O) groups excluding carboxylic acids is 1. The highest BCUT2D eigenvalue weighted by Crippen LogP contribution is 2.37. The molecule has 1 fully saturated rings. The molecule has 0 atom stereocenters. The number of nitrogens with zero attached hydrogens (tertiary/aromatic N) is 1. The molecule has 0 radical (unpaired) electrons. The Kier molecular flexibility index (Phi) is 5.04. The Morgan fingerprint density at radius 3 is 2.30 bits per heavy atom. The molecular weight excluding hydrogens is 377 g/mol. The van der Waals surface area contributed by atoms with E-state index >= 15 is 0 Å². The quantitative estimate of drug-likeness (QED) is 0.651. The maximum Gasteiger partial charge on any atom is 0.494 e. The van der Waals surface area contributed by atoms with E-state index in [4.69, 9.17) is 9.31 Å². The Hall–Kier alpha value is -2.90.